The quantitative estimate of drug-likeness (QED) is 0.662. The van der Waals surface area contributed by atoms with Crippen LogP contribution < -0.4 is 10.0 Å². The minimum atomic E-state index is -3.79. The summed E-state index contributed by atoms with van der Waals surface area (Å²) in [6, 6.07) is 3.04. The van der Waals surface area contributed by atoms with Crippen molar-refractivity contribution in [3.8, 4) is 0 Å². The molecule has 1 aromatic carbocycles. The Kier molecular flexibility index (Phi) is 7.68. The lowest BCUT2D eigenvalue weighted by Gasteiger charge is -2.33. The lowest BCUT2D eigenvalue weighted by atomic mass is 10.0. The molecule has 1 fully saturated rings. The molecule has 7 heteroatoms. The van der Waals surface area contributed by atoms with E-state index >= 15 is 0 Å². The van der Waals surface area contributed by atoms with Crippen LogP contribution in [0.1, 0.15) is 62.1 Å². The average Bonchev–Trinajstić information content (AvgIpc) is 2.62. The predicted octanol–water partition coefficient (Wildman–Crippen LogP) is 3.43. The molecule has 0 saturated carbocycles. The number of benzene rings is 1. The molecule has 2 N–H and O–H groups in total. The maximum absolute atomic E-state index is 13.0. The van der Waals surface area contributed by atoms with Gasteiger partial charge in [0, 0.05) is 13.1 Å². The zero-order valence-corrected chi connectivity index (χ0v) is 17.8. The van der Waals surface area contributed by atoms with Crippen LogP contribution in [0.25, 0.3) is 0 Å². The lowest BCUT2D eigenvalue weighted by Crippen LogP contribution is -2.53. The molecule has 0 unspecified atom stereocenters. The molecule has 1 amide bonds. The van der Waals surface area contributed by atoms with Crippen molar-refractivity contribution in [1.29, 1.82) is 0 Å². The number of aryl methyl sites for hydroxylation is 2. The lowest BCUT2D eigenvalue weighted by molar-refractivity contribution is -0.125. The first-order valence-corrected chi connectivity index (χ1v) is 11.4. The molecule has 152 valence electrons. The first-order valence-electron chi connectivity index (χ1n) is 9.91. The Balaban J connectivity index is 2.13. The third-order valence-electron chi connectivity index (χ3n) is 5.32. The molecule has 1 saturated heterocycles. The van der Waals surface area contributed by atoms with Gasteiger partial charge in [-0.25, -0.2) is 0 Å². The molecular weight excluding hydrogens is 362 g/mol. The Bertz CT molecular complexity index is 739. The van der Waals surface area contributed by atoms with Crippen molar-refractivity contribution in [3.05, 3.63) is 28.8 Å². The van der Waals surface area contributed by atoms with Crippen LogP contribution in [-0.4, -0.2) is 37.8 Å². The third-order valence-corrected chi connectivity index (χ3v) is 6.87. The first kappa shape index (κ1) is 21.7. The van der Waals surface area contributed by atoms with Crippen molar-refractivity contribution >= 4 is 21.8 Å². The fourth-order valence-electron chi connectivity index (χ4n) is 3.46. The van der Waals surface area contributed by atoms with E-state index in [9.17, 15) is 13.2 Å². The number of carbonyl (C=O) groups is 1. The van der Waals surface area contributed by atoms with Crippen LogP contribution in [0.4, 0.5) is 5.69 Å². The minimum Gasteiger partial charge on any atom is -0.355 e. The second-order valence-corrected chi connectivity index (χ2v) is 9.09. The summed E-state index contributed by atoms with van der Waals surface area (Å²) in [5, 5.41) is 2.91. The number of hydrogen-bond donors (Lipinski definition) is 2. The molecule has 27 heavy (non-hydrogen) atoms. The van der Waals surface area contributed by atoms with Gasteiger partial charge in [-0.2, -0.15) is 12.7 Å². The van der Waals surface area contributed by atoms with Gasteiger partial charge < -0.3 is 5.32 Å². The van der Waals surface area contributed by atoms with E-state index < -0.39 is 16.3 Å². The predicted molar refractivity (Wildman–Crippen MR) is 110 cm³/mol. The molecule has 0 radical (unpaired) electrons. The van der Waals surface area contributed by atoms with E-state index in [0.29, 0.717) is 25.2 Å². The van der Waals surface area contributed by atoms with Crippen molar-refractivity contribution in [2.75, 3.05) is 17.8 Å². The van der Waals surface area contributed by atoms with Crippen molar-refractivity contribution in [2.24, 2.45) is 0 Å². The summed E-state index contributed by atoms with van der Waals surface area (Å²) in [5.41, 5.74) is 3.77. The number of rotatable bonds is 8. The Morgan fingerprint density at radius 2 is 1.81 bits per heavy atom. The number of piperidine rings is 1. The van der Waals surface area contributed by atoms with Crippen molar-refractivity contribution < 1.29 is 13.2 Å². The molecule has 2 rings (SSSR count). The Hall–Kier alpha value is -1.60. The highest BCUT2D eigenvalue weighted by Crippen LogP contribution is 2.25. The van der Waals surface area contributed by atoms with E-state index in [-0.39, 0.29) is 5.91 Å². The maximum Gasteiger partial charge on any atom is 0.302 e. The van der Waals surface area contributed by atoms with Gasteiger partial charge in [0.15, 0.2) is 0 Å². The smallest absolute Gasteiger partial charge is 0.302 e. The normalized spacial score (nSPS) is 18.3. The Labute approximate surface area is 163 Å². The van der Waals surface area contributed by atoms with Gasteiger partial charge in [-0.3, -0.25) is 9.52 Å². The number of carbonyl (C=O) groups excluding carboxylic acids is 1. The number of amides is 1. The molecule has 0 aliphatic carbocycles. The molecule has 0 aromatic heterocycles. The molecule has 6 nitrogen and oxygen atoms in total. The van der Waals surface area contributed by atoms with Gasteiger partial charge in [0.25, 0.3) is 0 Å². The number of hydrogen-bond acceptors (Lipinski definition) is 3. The van der Waals surface area contributed by atoms with Gasteiger partial charge in [0.05, 0.1) is 5.69 Å². The van der Waals surface area contributed by atoms with Gasteiger partial charge in [0.2, 0.25) is 5.91 Å². The van der Waals surface area contributed by atoms with Gasteiger partial charge >= 0.3 is 10.2 Å². The van der Waals surface area contributed by atoms with E-state index in [2.05, 4.69) is 17.0 Å². The van der Waals surface area contributed by atoms with Gasteiger partial charge in [-0.1, -0.05) is 26.2 Å². The summed E-state index contributed by atoms with van der Waals surface area (Å²) in [7, 11) is -3.79. The van der Waals surface area contributed by atoms with Crippen molar-refractivity contribution in [2.45, 2.75) is 72.3 Å². The van der Waals surface area contributed by atoms with Gasteiger partial charge in [-0.15, -0.1) is 0 Å². The van der Waals surface area contributed by atoms with E-state index in [1.54, 1.807) is 0 Å². The second kappa shape index (κ2) is 9.55. The highest BCUT2D eigenvalue weighted by molar-refractivity contribution is 7.90. The monoisotopic (exact) mass is 395 g/mol. The van der Waals surface area contributed by atoms with E-state index in [1.165, 1.54) is 4.31 Å². The van der Waals surface area contributed by atoms with Crippen molar-refractivity contribution in [1.82, 2.24) is 9.62 Å². The van der Waals surface area contributed by atoms with Gasteiger partial charge in [-0.05, 0) is 68.9 Å². The van der Waals surface area contributed by atoms with Gasteiger partial charge in [0.1, 0.15) is 6.04 Å². The highest BCUT2D eigenvalue weighted by atomic mass is 32.2. The number of anilines is 1. The largest absolute Gasteiger partial charge is 0.355 e. The summed E-state index contributed by atoms with van der Waals surface area (Å²) < 4.78 is 30.0. The van der Waals surface area contributed by atoms with Crippen LogP contribution in [0, 0.1) is 20.8 Å². The van der Waals surface area contributed by atoms with E-state index in [1.807, 2.05) is 32.9 Å². The summed E-state index contributed by atoms with van der Waals surface area (Å²) in [6.07, 6.45) is 5.25. The molecule has 1 aliphatic heterocycles. The summed E-state index contributed by atoms with van der Waals surface area (Å²) in [4.78, 5) is 12.6. The van der Waals surface area contributed by atoms with Crippen molar-refractivity contribution in [3.63, 3.8) is 0 Å². The molecule has 1 heterocycles. The number of nitrogens with zero attached hydrogens (tertiary/aromatic N) is 1. The standard InChI is InChI=1S/C20H33N3O3S/c1-5-6-8-11-21-20(24)19-10-7-9-12-23(19)27(25,26)22-18-13-15(2)17(4)16(3)14-18/h13-14,19,22H,5-12H2,1-4H3,(H,21,24)/t19-/m0/s1. The second-order valence-electron chi connectivity index (χ2n) is 7.46. The summed E-state index contributed by atoms with van der Waals surface area (Å²) in [6.45, 7) is 9.03. The topological polar surface area (TPSA) is 78.5 Å². The zero-order valence-electron chi connectivity index (χ0n) is 17.0. The molecule has 1 aliphatic rings. The fourth-order valence-corrected chi connectivity index (χ4v) is 4.90. The first-order chi connectivity index (χ1) is 12.8. The third kappa shape index (κ3) is 5.69. The average molecular weight is 396 g/mol. The number of nitrogens with one attached hydrogen (secondary N) is 2. The van der Waals surface area contributed by atoms with Crippen LogP contribution in [0.2, 0.25) is 0 Å². The van der Waals surface area contributed by atoms with Crippen LogP contribution in [0.15, 0.2) is 12.1 Å². The van der Waals surface area contributed by atoms with Crippen LogP contribution in [-0.2, 0) is 15.0 Å². The fraction of sp³-hybridized carbons (Fsp3) is 0.650. The highest BCUT2D eigenvalue weighted by Gasteiger charge is 2.36. The SMILES string of the molecule is CCCCCNC(=O)[C@@H]1CCCCN1S(=O)(=O)Nc1cc(C)c(C)c(C)c1. The zero-order chi connectivity index (χ0) is 20.0. The Morgan fingerprint density at radius 1 is 1.15 bits per heavy atom. The minimum absolute atomic E-state index is 0.188. The maximum atomic E-state index is 13.0. The summed E-state index contributed by atoms with van der Waals surface area (Å²) in [5.74, 6) is -0.188. The van der Waals surface area contributed by atoms with E-state index in [0.717, 1.165) is 48.8 Å². The number of unbranched alkanes of at least 4 members (excludes halogenated alkanes) is 2. The van der Waals surface area contributed by atoms with Crippen LogP contribution in [0.3, 0.4) is 0 Å². The molecule has 1 aromatic rings. The molecule has 0 spiro atoms. The molecule has 0 bridgehead atoms. The molecular formula is C20H33N3O3S. The van der Waals surface area contributed by atoms with Crippen LogP contribution >= 0.6 is 0 Å². The van der Waals surface area contributed by atoms with Crippen LogP contribution in [0.5, 0.6) is 0 Å². The summed E-state index contributed by atoms with van der Waals surface area (Å²) >= 11 is 0. The molecule has 1 atom stereocenters. The van der Waals surface area contributed by atoms with E-state index in [4.69, 9.17) is 0 Å². The Morgan fingerprint density at radius 3 is 2.44 bits per heavy atom.